The Morgan fingerprint density at radius 3 is 1.65 bits per heavy atom. The quantitative estimate of drug-likeness (QED) is 0.0993. The number of nitrogens with one attached hydrogen (secondary N) is 4. The van der Waals surface area contributed by atoms with E-state index in [-0.39, 0.29) is 43.1 Å². The summed E-state index contributed by atoms with van der Waals surface area (Å²) in [7, 11) is 0. The molecule has 11 heteroatoms. The van der Waals surface area contributed by atoms with Crippen LogP contribution in [0.3, 0.4) is 0 Å². The maximum absolute atomic E-state index is 13.7. The molecule has 0 aromatic heterocycles. The van der Waals surface area contributed by atoms with Crippen LogP contribution in [0.15, 0.2) is 91.0 Å². The fourth-order valence-corrected chi connectivity index (χ4v) is 5.93. The number of hydrogen-bond donors (Lipinski definition) is 5. The summed E-state index contributed by atoms with van der Waals surface area (Å²) in [5.41, 5.74) is 2.65. The summed E-state index contributed by atoms with van der Waals surface area (Å²) in [5, 5.41) is 22.8. The Bertz CT molecular complexity index is 1620. The predicted molar refractivity (Wildman–Crippen MR) is 209 cm³/mol. The molecule has 11 nitrogen and oxygen atoms in total. The molecule has 0 unspecified atom stereocenters. The summed E-state index contributed by atoms with van der Waals surface area (Å²) < 4.78 is 5.51. The van der Waals surface area contributed by atoms with Gasteiger partial charge in [0, 0.05) is 6.42 Å². The summed E-state index contributed by atoms with van der Waals surface area (Å²) in [4.78, 5) is 66.8. The van der Waals surface area contributed by atoms with Gasteiger partial charge >= 0.3 is 5.97 Å². The largest absolute Gasteiger partial charge is 0.459 e. The second-order valence-corrected chi connectivity index (χ2v) is 14.6. The van der Waals surface area contributed by atoms with Gasteiger partial charge < -0.3 is 31.1 Å². The molecule has 4 amide bonds. The normalized spacial score (nSPS) is 14.5. The molecule has 0 spiro atoms. The summed E-state index contributed by atoms with van der Waals surface area (Å²) in [5.74, 6) is -3.34. The predicted octanol–water partition coefficient (Wildman–Crippen LogP) is 4.65. The summed E-state index contributed by atoms with van der Waals surface area (Å²) in [6, 6.07) is 24.4. The highest BCUT2D eigenvalue weighted by molar-refractivity contribution is 5.91. The number of esters is 1. The van der Waals surface area contributed by atoms with Gasteiger partial charge in [0.1, 0.15) is 24.7 Å². The molecule has 0 aliphatic heterocycles. The van der Waals surface area contributed by atoms with Crippen LogP contribution in [0.1, 0.15) is 77.5 Å². The molecular weight excluding hydrogens is 684 g/mol. The van der Waals surface area contributed by atoms with Crippen molar-refractivity contribution >= 4 is 29.6 Å². The molecule has 0 saturated heterocycles. The third-order valence-electron chi connectivity index (χ3n) is 9.49. The molecule has 0 radical (unpaired) electrons. The van der Waals surface area contributed by atoms with Crippen LogP contribution in [-0.2, 0) is 48.2 Å². The lowest BCUT2D eigenvalue weighted by Crippen LogP contribution is -2.57. The van der Waals surface area contributed by atoms with Gasteiger partial charge in [-0.2, -0.15) is 0 Å². The first-order valence-corrected chi connectivity index (χ1v) is 18.9. The van der Waals surface area contributed by atoms with E-state index in [1.807, 2.05) is 119 Å². The Morgan fingerprint density at radius 1 is 0.611 bits per heavy atom. The third kappa shape index (κ3) is 14.4. The lowest BCUT2D eigenvalue weighted by molar-refractivity contribution is -0.150. The minimum absolute atomic E-state index is 0.0570. The van der Waals surface area contributed by atoms with E-state index >= 15 is 0 Å². The first kappa shape index (κ1) is 43.4. The van der Waals surface area contributed by atoms with Crippen LogP contribution in [0, 0.1) is 17.8 Å². The first-order chi connectivity index (χ1) is 25.8. The molecule has 0 heterocycles. The van der Waals surface area contributed by atoms with Crippen molar-refractivity contribution in [3.05, 3.63) is 108 Å². The van der Waals surface area contributed by atoms with Crippen LogP contribution >= 0.6 is 0 Å². The van der Waals surface area contributed by atoms with Gasteiger partial charge in [0.15, 0.2) is 0 Å². The van der Waals surface area contributed by atoms with Gasteiger partial charge in [-0.3, -0.25) is 19.2 Å². The average molecular weight is 743 g/mol. The highest BCUT2D eigenvalue weighted by Crippen LogP contribution is 2.15. The van der Waals surface area contributed by atoms with Crippen LogP contribution < -0.4 is 21.3 Å². The first-order valence-electron chi connectivity index (χ1n) is 18.9. The van der Waals surface area contributed by atoms with Crippen molar-refractivity contribution in [2.75, 3.05) is 0 Å². The second-order valence-electron chi connectivity index (χ2n) is 14.6. The monoisotopic (exact) mass is 742 g/mol. The minimum Gasteiger partial charge on any atom is -0.459 e. The van der Waals surface area contributed by atoms with Gasteiger partial charge in [0.2, 0.25) is 23.6 Å². The van der Waals surface area contributed by atoms with Crippen molar-refractivity contribution < 1.29 is 33.8 Å². The standard InChI is InChI=1S/C43H58N4O7/c1-7-30(6)40(42(52)47-39(29(4)5)43(53)54-27-33-21-15-10-16-22-33)46-37(50)26-35(48)34(25-32-19-13-9-14-20-32)44-41(51)38(28(2)3)45-36(49)24-23-31-17-11-8-12-18-31/h8-22,28-30,34-35,38-40,48H,7,23-27H2,1-6H3,(H,44,51)(H,45,49)(H,46,50)(H,47,52)/t30-,34-,35-,38-,39-,40-/m0/s1. The Morgan fingerprint density at radius 2 is 1.11 bits per heavy atom. The molecule has 3 aromatic carbocycles. The van der Waals surface area contributed by atoms with Crippen LogP contribution in [0.2, 0.25) is 0 Å². The van der Waals surface area contributed by atoms with E-state index in [9.17, 15) is 29.1 Å². The molecule has 3 aromatic rings. The number of carbonyl (C=O) groups excluding carboxylic acids is 5. The molecule has 6 atom stereocenters. The van der Waals surface area contributed by atoms with Crippen molar-refractivity contribution in [1.29, 1.82) is 0 Å². The van der Waals surface area contributed by atoms with E-state index in [1.54, 1.807) is 13.8 Å². The van der Waals surface area contributed by atoms with Crippen molar-refractivity contribution in [2.24, 2.45) is 17.8 Å². The molecule has 5 N–H and O–H groups in total. The Kier molecular flexibility index (Phi) is 17.9. The van der Waals surface area contributed by atoms with Crippen molar-refractivity contribution in [2.45, 2.75) is 111 Å². The SMILES string of the molecule is CC[C@H](C)[C@H](NC(=O)C[C@H](O)[C@H](Cc1ccccc1)NC(=O)[C@@H](NC(=O)CCc1ccccc1)C(C)C)C(=O)N[C@H](C(=O)OCc1ccccc1)C(C)C. The van der Waals surface area contributed by atoms with Gasteiger partial charge in [-0.25, -0.2) is 4.79 Å². The molecule has 54 heavy (non-hydrogen) atoms. The van der Waals surface area contributed by atoms with Crippen LogP contribution in [-0.4, -0.2) is 65.0 Å². The number of aliphatic hydroxyl groups excluding tert-OH is 1. The van der Waals surface area contributed by atoms with Crippen LogP contribution in [0.5, 0.6) is 0 Å². The van der Waals surface area contributed by atoms with Gasteiger partial charge in [-0.15, -0.1) is 0 Å². The maximum Gasteiger partial charge on any atom is 0.329 e. The Hall–Kier alpha value is -5.03. The lowest BCUT2D eigenvalue weighted by Gasteiger charge is -2.30. The molecule has 0 aliphatic carbocycles. The molecule has 0 bridgehead atoms. The molecule has 0 aliphatic rings. The van der Waals surface area contributed by atoms with Crippen molar-refractivity contribution in [1.82, 2.24) is 21.3 Å². The fraction of sp³-hybridized carbons (Fsp3) is 0.465. The number of amides is 4. The highest BCUT2D eigenvalue weighted by Gasteiger charge is 2.34. The van der Waals surface area contributed by atoms with E-state index in [2.05, 4.69) is 21.3 Å². The Balaban J connectivity index is 1.69. The average Bonchev–Trinajstić information content (AvgIpc) is 3.16. The Labute approximate surface area is 320 Å². The smallest absolute Gasteiger partial charge is 0.329 e. The zero-order chi connectivity index (χ0) is 39.6. The third-order valence-corrected chi connectivity index (χ3v) is 9.49. The number of hydrogen-bond acceptors (Lipinski definition) is 7. The maximum atomic E-state index is 13.7. The highest BCUT2D eigenvalue weighted by atomic mass is 16.5. The van der Waals surface area contributed by atoms with E-state index in [0.29, 0.717) is 12.8 Å². The number of aryl methyl sites for hydroxylation is 1. The van der Waals surface area contributed by atoms with Gasteiger partial charge in [0.05, 0.1) is 18.6 Å². The van der Waals surface area contributed by atoms with E-state index in [0.717, 1.165) is 16.7 Å². The molecular formula is C43H58N4O7. The topological polar surface area (TPSA) is 163 Å². The fourth-order valence-electron chi connectivity index (χ4n) is 5.93. The number of aliphatic hydroxyl groups is 1. The summed E-state index contributed by atoms with van der Waals surface area (Å²) in [6.07, 6.45) is -0.270. The van der Waals surface area contributed by atoms with E-state index < -0.39 is 60.4 Å². The number of ether oxygens (including phenoxy) is 1. The second kappa shape index (κ2) is 22.2. The lowest BCUT2D eigenvalue weighted by atomic mass is 9.95. The van der Waals surface area contributed by atoms with Crippen molar-refractivity contribution in [3.63, 3.8) is 0 Å². The minimum atomic E-state index is -1.34. The number of rotatable bonds is 21. The molecule has 0 saturated carbocycles. The van der Waals surface area contributed by atoms with Gasteiger partial charge in [-0.1, -0.05) is 139 Å². The van der Waals surface area contributed by atoms with E-state index in [4.69, 9.17) is 4.74 Å². The molecule has 0 fully saturated rings. The molecule has 3 rings (SSSR count). The summed E-state index contributed by atoms with van der Waals surface area (Å²) >= 11 is 0. The van der Waals surface area contributed by atoms with Crippen molar-refractivity contribution in [3.8, 4) is 0 Å². The van der Waals surface area contributed by atoms with Crippen LogP contribution in [0.25, 0.3) is 0 Å². The molecule has 292 valence electrons. The number of carbonyl (C=O) groups is 5. The van der Waals surface area contributed by atoms with Gasteiger partial charge in [-0.05, 0) is 47.3 Å². The zero-order valence-corrected chi connectivity index (χ0v) is 32.4. The number of benzene rings is 3. The zero-order valence-electron chi connectivity index (χ0n) is 32.4. The van der Waals surface area contributed by atoms with Crippen LogP contribution in [0.4, 0.5) is 0 Å². The summed E-state index contributed by atoms with van der Waals surface area (Å²) in [6.45, 7) is 11.0. The van der Waals surface area contributed by atoms with E-state index in [1.165, 1.54) is 0 Å². The van der Waals surface area contributed by atoms with Gasteiger partial charge in [0.25, 0.3) is 0 Å².